The summed E-state index contributed by atoms with van der Waals surface area (Å²) in [7, 11) is 0. The molecule has 0 aliphatic rings. The molecule has 0 aliphatic heterocycles. The minimum atomic E-state index is -0.878. The SMILES string of the molecule is Cc1cc2cc(C(=O)O)ccc2n1C(C)C. The lowest BCUT2D eigenvalue weighted by Crippen LogP contribution is -2.02. The lowest BCUT2D eigenvalue weighted by Gasteiger charge is -2.12. The van der Waals surface area contributed by atoms with Crippen molar-refractivity contribution in [3.63, 3.8) is 0 Å². The third-order valence-electron chi connectivity index (χ3n) is 2.79. The van der Waals surface area contributed by atoms with Crippen molar-refractivity contribution in [3.05, 3.63) is 35.5 Å². The first-order valence-corrected chi connectivity index (χ1v) is 5.35. The Morgan fingerprint density at radius 2 is 2.00 bits per heavy atom. The van der Waals surface area contributed by atoms with Gasteiger partial charge in [-0.2, -0.15) is 0 Å². The molecule has 0 unspecified atom stereocenters. The minimum Gasteiger partial charge on any atom is -0.478 e. The molecular formula is C13H15NO2. The lowest BCUT2D eigenvalue weighted by molar-refractivity contribution is 0.0697. The molecule has 0 radical (unpaired) electrons. The molecule has 0 atom stereocenters. The summed E-state index contributed by atoms with van der Waals surface area (Å²) >= 11 is 0. The van der Waals surface area contributed by atoms with Gasteiger partial charge in [0.2, 0.25) is 0 Å². The van der Waals surface area contributed by atoms with Crippen LogP contribution in [0.15, 0.2) is 24.3 Å². The Morgan fingerprint density at radius 1 is 1.31 bits per heavy atom. The number of rotatable bonds is 2. The zero-order valence-corrected chi connectivity index (χ0v) is 9.69. The van der Waals surface area contributed by atoms with E-state index in [2.05, 4.69) is 18.4 Å². The van der Waals surface area contributed by atoms with Gasteiger partial charge in [-0.3, -0.25) is 0 Å². The van der Waals surface area contributed by atoms with Crippen LogP contribution in [0, 0.1) is 6.92 Å². The Hall–Kier alpha value is -1.77. The second-order valence-corrected chi connectivity index (χ2v) is 4.33. The zero-order chi connectivity index (χ0) is 11.9. The average molecular weight is 217 g/mol. The van der Waals surface area contributed by atoms with E-state index in [1.54, 1.807) is 12.1 Å². The molecule has 1 aromatic heterocycles. The number of hydrogen-bond donors (Lipinski definition) is 1. The molecule has 0 aliphatic carbocycles. The molecule has 1 heterocycles. The lowest BCUT2D eigenvalue weighted by atomic mass is 10.1. The van der Waals surface area contributed by atoms with E-state index >= 15 is 0 Å². The number of fused-ring (bicyclic) bond motifs is 1. The van der Waals surface area contributed by atoms with Gasteiger partial charge >= 0.3 is 5.97 Å². The molecule has 3 heteroatoms. The summed E-state index contributed by atoms with van der Waals surface area (Å²) in [5, 5.41) is 9.91. The van der Waals surface area contributed by atoms with Gasteiger partial charge in [-0.1, -0.05) is 0 Å². The van der Waals surface area contributed by atoms with Gasteiger partial charge in [0.25, 0.3) is 0 Å². The first-order valence-electron chi connectivity index (χ1n) is 5.35. The highest BCUT2D eigenvalue weighted by Gasteiger charge is 2.10. The highest BCUT2D eigenvalue weighted by molar-refractivity contribution is 5.94. The molecule has 0 spiro atoms. The Morgan fingerprint density at radius 3 is 2.56 bits per heavy atom. The first-order chi connectivity index (χ1) is 7.50. The van der Waals surface area contributed by atoms with Crippen molar-refractivity contribution >= 4 is 16.9 Å². The Balaban J connectivity index is 2.70. The van der Waals surface area contributed by atoms with E-state index < -0.39 is 5.97 Å². The van der Waals surface area contributed by atoms with Gasteiger partial charge in [-0.25, -0.2) is 4.79 Å². The summed E-state index contributed by atoms with van der Waals surface area (Å²) in [6, 6.07) is 7.67. The van der Waals surface area contributed by atoms with Crippen molar-refractivity contribution in [2.75, 3.05) is 0 Å². The van der Waals surface area contributed by atoms with Crippen LogP contribution in [0.2, 0.25) is 0 Å². The van der Waals surface area contributed by atoms with E-state index in [-0.39, 0.29) is 0 Å². The maximum absolute atomic E-state index is 10.9. The van der Waals surface area contributed by atoms with Gasteiger partial charge in [0.1, 0.15) is 0 Å². The van der Waals surface area contributed by atoms with Crippen molar-refractivity contribution in [2.45, 2.75) is 26.8 Å². The van der Waals surface area contributed by atoms with Crippen molar-refractivity contribution in [1.82, 2.24) is 4.57 Å². The molecule has 84 valence electrons. The molecule has 16 heavy (non-hydrogen) atoms. The fourth-order valence-electron chi connectivity index (χ4n) is 2.19. The van der Waals surface area contributed by atoms with Gasteiger partial charge < -0.3 is 9.67 Å². The average Bonchev–Trinajstić information content (AvgIpc) is 2.51. The summed E-state index contributed by atoms with van der Waals surface area (Å²) in [4.78, 5) is 10.9. The fraction of sp³-hybridized carbons (Fsp3) is 0.308. The quantitative estimate of drug-likeness (QED) is 0.839. The van der Waals surface area contributed by atoms with Crippen LogP contribution in [0.4, 0.5) is 0 Å². The summed E-state index contributed by atoms with van der Waals surface area (Å²) in [6.07, 6.45) is 0. The molecule has 1 N–H and O–H groups in total. The van der Waals surface area contributed by atoms with E-state index in [1.165, 1.54) is 0 Å². The number of nitrogens with zero attached hydrogens (tertiary/aromatic N) is 1. The second-order valence-electron chi connectivity index (χ2n) is 4.33. The van der Waals surface area contributed by atoms with Crippen LogP contribution in [-0.4, -0.2) is 15.6 Å². The summed E-state index contributed by atoms with van der Waals surface area (Å²) < 4.78 is 2.21. The van der Waals surface area contributed by atoms with Crippen molar-refractivity contribution < 1.29 is 9.90 Å². The van der Waals surface area contributed by atoms with E-state index in [1.807, 2.05) is 19.1 Å². The van der Waals surface area contributed by atoms with Crippen LogP contribution in [-0.2, 0) is 0 Å². The normalized spacial score (nSPS) is 11.2. The molecule has 3 nitrogen and oxygen atoms in total. The minimum absolute atomic E-state index is 0.341. The highest BCUT2D eigenvalue weighted by Crippen LogP contribution is 2.24. The smallest absolute Gasteiger partial charge is 0.335 e. The summed E-state index contributed by atoms with van der Waals surface area (Å²) in [5.74, 6) is -0.878. The highest BCUT2D eigenvalue weighted by atomic mass is 16.4. The molecule has 0 bridgehead atoms. The topological polar surface area (TPSA) is 42.2 Å². The first kappa shape index (κ1) is 10.7. The van der Waals surface area contributed by atoms with Crippen LogP contribution < -0.4 is 0 Å². The van der Waals surface area contributed by atoms with Gasteiger partial charge in [-0.05, 0) is 45.0 Å². The number of carboxylic acid groups (broad SMARTS) is 1. The predicted octanol–water partition coefficient (Wildman–Crippen LogP) is 3.23. The third kappa shape index (κ3) is 1.58. The Labute approximate surface area is 94.3 Å². The van der Waals surface area contributed by atoms with Crippen LogP contribution in [0.25, 0.3) is 10.9 Å². The van der Waals surface area contributed by atoms with Gasteiger partial charge in [0.05, 0.1) is 5.56 Å². The zero-order valence-electron chi connectivity index (χ0n) is 9.69. The van der Waals surface area contributed by atoms with Crippen LogP contribution in [0.5, 0.6) is 0 Å². The fourth-order valence-corrected chi connectivity index (χ4v) is 2.19. The number of hydrogen-bond acceptors (Lipinski definition) is 1. The number of aromatic nitrogens is 1. The maximum Gasteiger partial charge on any atom is 0.335 e. The molecule has 2 rings (SSSR count). The van der Waals surface area contributed by atoms with Crippen molar-refractivity contribution in [1.29, 1.82) is 0 Å². The van der Waals surface area contributed by atoms with Crippen LogP contribution in [0.1, 0.15) is 35.9 Å². The molecule has 0 fully saturated rings. The van der Waals surface area contributed by atoms with Gasteiger partial charge in [0.15, 0.2) is 0 Å². The molecule has 2 aromatic rings. The largest absolute Gasteiger partial charge is 0.478 e. The summed E-state index contributed by atoms with van der Waals surface area (Å²) in [5.41, 5.74) is 2.60. The monoisotopic (exact) mass is 217 g/mol. The maximum atomic E-state index is 10.9. The van der Waals surface area contributed by atoms with Gasteiger partial charge in [0, 0.05) is 22.6 Å². The van der Waals surface area contributed by atoms with E-state index in [0.29, 0.717) is 11.6 Å². The van der Waals surface area contributed by atoms with E-state index in [9.17, 15) is 4.79 Å². The molecule has 0 saturated heterocycles. The molecule has 1 aromatic carbocycles. The summed E-state index contributed by atoms with van der Waals surface area (Å²) in [6.45, 7) is 6.29. The number of carbonyl (C=O) groups is 1. The second kappa shape index (κ2) is 3.67. The Bertz CT molecular complexity index is 552. The number of benzene rings is 1. The van der Waals surface area contributed by atoms with Crippen LogP contribution >= 0.6 is 0 Å². The molecule has 0 amide bonds. The van der Waals surface area contributed by atoms with E-state index in [4.69, 9.17) is 5.11 Å². The van der Waals surface area contributed by atoms with Crippen molar-refractivity contribution in [2.24, 2.45) is 0 Å². The standard InChI is InChI=1S/C13H15NO2/c1-8(2)14-9(3)6-11-7-10(13(15)16)4-5-12(11)14/h4-8H,1-3H3,(H,15,16). The molecular weight excluding hydrogens is 202 g/mol. The van der Waals surface area contributed by atoms with E-state index in [0.717, 1.165) is 16.6 Å². The van der Waals surface area contributed by atoms with Crippen LogP contribution in [0.3, 0.4) is 0 Å². The van der Waals surface area contributed by atoms with Crippen molar-refractivity contribution in [3.8, 4) is 0 Å². The molecule has 0 saturated carbocycles. The number of aromatic carboxylic acids is 1. The number of aryl methyl sites for hydroxylation is 1. The number of carboxylic acids is 1. The Kier molecular flexibility index (Phi) is 2.46. The van der Waals surface area contributed by atoms with Gasteiger partial charge in [-0.15, -0.1) is 0 Å². The predicted molar refractivity (Wildman–Crippen MR) is 64.0 cm³/mol. The third-order valence-corrected chi connectivity index (χ3v) is 2.79.